The molecular weight excluding hydrogens is 334 g/mol. The Balaban J connectivity index is 2.40. The number of hydrogen-bond donors (Lipinski definition) is 0. The number of ketones is 1. The molecule has 0 aliphatic rings. The van der Waals surface area contributed by atoms with Crippen LogP contribution in [0, 0.1) is 5.92 Å². The second kappa shape index (κ2) is 6.72. The molecule has 0 heterocycles. The minimum absolute atomic E-state index is 0.00430. The number of nitrogens with zero attached hydrogens (tertiary/aromatic N) is 1. The summed E-state index contributed by atoms with van der Waals surface area (Å²) in [5, 5.41) is 5.63. The summed E-state index contributed by atoms with van der Waals surface area (Å²) in [6, 6.07) is 9.40. The van der Waals surface area contributed by atoms with E-state index in [0.717, 1.165) is 21.0 Å². The number of hydrogen-bond acceptors (Lipinski definition) is 4. The van der Waals surface area contributed by atoms with Crippen molar-refractivity contribution in [3.63, 3.8) is 0 Å². The van der Waals surface area contributed by atoms with E-state index in [1.807, 2.05) is 30.3 Å². The summed E-state index contributed by atoms with van der Waals surface area (Å²) in [6.45, 7) is 1.79. The van der Waals surface area contributed by atoms with Gasteiger partial charge in [-0.2, -0.15) is 0 Å². The van der Waals surface area contributed by atoms with Crippen molar-refractivity contribution in [3.8, 4) is 5.75 Å². The van der Waals surface area contributed by atoms with E-state index < -0.39 is 0 Å². The third kappa shape index (κ3) is 3.24. The lowest BCUT2D eigenvalue weighted by Crippen LogP contribution is -2.12. The Bertz CT molecular complexity index is 697. The molecule has 1 atom stereocenters. The zero-order valence-corrected chi connectivity index (χ0v) is 13.7. The molecule has 0 N–H and O–H groups in total. The van der Waals surface area contributed by atoms with Gasteiger partial charge < -0.3 is 9.57 Å². The lowest BCUT2D eigenvalue weighted by Gasteiger charge is -2.09. The number of halogens is 1. The van der Waals surface area contributed by atoms with Crippen LogP contribution in [-0.4, -0.2) is 26.2 Å². The number of oxime groups is 1. The Hall–Kier alpha value is -1.88. The Morgan fingerprint density at radius 1 is 1.29 bits per heavy atom. The Kier molecular flexibility index (Phi) is 4.96. The van der Waals surface area contributed by atoms with E-state index in [-0.39, 0.29) is 11.7 Å². The zero-order valence-electron chi connectivity index (χ0n) is 12.1. The maximum atomic E-state index is 12.3. The van der Waals surface area contributed by atoms with E-state index in [2.05, 4.69) is 25.9 Å². The monoisotopic (exact) mass is 349 g/mol. The van der Waals surface area contributed by atoms with Gasteiger partial charge in [0.2, 0.25) is 0 Å². The zero-order chi connectivity index (χ0) is 15.4. The quantitative estimate of drug-likeness (QED) is 0.464. The number of rotatable bonds is 5. The van der Waals surface area contributed by atoms with Gasteiger partial charge in [0.05, 0.1) is 23.7 Å². The number of Topliss-reactive ketones (excluding diaryl/α,β-unsaturated/α-hetero) is 1. The van der Waals surface area contributed by atoms with Gasteiger partial charge in [-0.15, -0.1) is 0 Å². The van der Waals surface area contributed by atoms with E-state index in [1.165, 1.54) is 13.3 Å². The van der Waals surface area contributed by atoms with Crippen molar-refractivity contribution in [1.29, 1.82) is 0 Å². The van der Waals surface area contributed by atoms with Crippen LogP contribution in [0.1, 0.15) is 17.3 Å². The van der Waals surface area contributed by atoms with E-state index in [1.54, 1.807) is 14.0 Å². The predicted molar refractivity (Wildman–Crippen MR) is 87.2 cm³/mol. The fourth-order valence-corrected chi connectivity index (χ4v) is 2.72. The van der Waals surface area contributed by atoms with Gasteiger partial charge in [-0.05, 0) is 45.8 Å². The summed E-state index contributed by atoms with van der Waals surface area (Å²) in [5.41, 5.74) is 0.648. The number of benzene rings is 2. The summed E-state index contributed by atoms with van der Waals surface area (Å²) < 4.78 is 6.15. The predicted octanol–water partition coefficient (Wildman–Crippen LogP) is 4.06. The summed E-state index contributed by atoms with van der Waals surface area (Å²) >= 11 is 3.52. The molecule has 0 fully saturated rings. The van der Waals surface area contributed by atoms with Crippen LogP contribution in [0.15, 0.2) is 40.0 Å². The lowest BCUT2D eigenvalue weighted by atomic mass is 9.97. The van der Waals surface area contributed by atoms with Crippen LogP contribution in [0.4, 0.5) is 0 Å². The van der Waals surface area contributed by atoms with Crippen LogP contribution in [0.5, 0.6) is 5.75 Å². The molecule has 0 aliphatic carbocycles. The van der Waals surface area contributed by atoms with Crippen LogP contribution in [0.3, 0.4) is 0 Å². The largest absolute Gasteiger partial charge is 0.496 e. The smallest absolute Gasteiger partial charge is 0.171 e. The highest BCUT2D eigenvalue weighted by Gasteiger charge is 2.15. The van der Waals surface area contributed by atoms with Crippen molar-refractivity contribution >= 4 is 38.7 Å². The molecule has 0 aromatic heterocycles. The Labute approximate surface area is 131 Å². The highest BCUT2D eigenvalue weighted by molar-refractivity contribution is 9.10. The van der Waals surface area contributed by atoms with E-state index in [9.17, 15) is 4.79 Å². The third-order valence-electron chi connectivity index (χ3n) is 3.23. The van der Waals surface area contributed by atoms with Crippen LogP contribution >= 0.6 is 15.9 Å². The van der Waals surface area contributed by atoms with E-state index in [0.29, 0.717) is 5.56 Å². The molecule has 2 aromatic rings. The maximum Gasteiger partial charge on any atom is 0.171 e. The molecule has 0 saturated heterocycles. The Morgan fingerprint density at radius 3 is 2.71 bits per heavy atom. The van der Waals surface area contributed by atoms with E-state index in [4.69, 9.17) is 4.74 Å². The molecule has 0 unspecified atom stereocenters. The van der Waals surface area contributed by atoms with Gasteiger partial charge in [-0.25, -0.2) is 0 Å². The van der Waals surface area contributed by atoms with Gasteiger partial charge in [-0.3, -0.25) is 4.79 Å². The van der Waals surface area contributed by atoms with Gasteiger partial charge in [0.15, 0.2) is 5.78 Å². The molecule has 21 heavy (non-hydrogen) atoms. The van der Waals surface area contributed by atoms with Gasteiger partial charge in [0.1, 0.15) is 12.9 Å². The topological polar surface area (TPSA) is 47.9 Å². The first-order valence-electron chi connectivity index (χ1n) is 6.45. The molecular formula is C16H16BrNO3. The van der Waals surface area contributed by atoms with E-state index >= 15 is 0 Å². The molecule has 0 radical (unpaired) electrons. The number of ether oxygens (including phenoxy) is 1. The van der Waals surface area contributed by atoms with Gasteiger partial charge in [0.25, 0.3) is 0 Å². The van der Waals surface area contributed by atoms with Crippen molar-refractivity contribution in [1.82, 2.24) is 0 Å². The van der Waals surface area contributed by atoms with Crippen LogP contribution in [0.25, 0.3) is 10.8 Å². The second-order valence-electron chi connectivity index (χ2n) is 4.61. The van der Waals surface area contributed by atoms with Crippen molar-refractivity contribution in [2.24, 2.45) is 11.1 Å². The fraction of sp³-hybridized carbons (Fsp3) is 0.250. The molecule has 0 saturated carbocycles. The summed E-state index contributed by atoms with van der Waals surface area (Å²) in [4.78, 5) is 16.9. The first-order valence-corrected chi connectivity index (χ1v) is 7.25. The summed E-state index contributed by atoms with van der Waals surface area (Å²) in [6.07, 6.45) is 1.50. The normalized spacial score (nSPS) is 12.6. The molecule has 0 spiro atoms. The van der Waals surface area contributed by atoms with Gasteiger partial charge in [-0.1, -0.05) is 23.4 Å². The van der Waals surface area contributed by atoms with Crippen LogP contribution < -0.4 is 4.74 Å². The molecule has 2 rings (SSSR count). The summed E-state index contributed by atoms with van der Waals surface area (Å²) in [5.74, 6) is 0.441. The second-order valence-corrected chi connectivity index (χ2v) is 5.40. The van der Waals surface area contributed by atoms with Crippen molar-refractivity contribution in [2.45, 2.75) is 6.92 Å². The number of fused-ring (bicyclic) bond motifs is 1. The minimum Gasteiger partial charge on any atom is -0.496 e. The van der Waals surface area contributed by atoms with Crippen molar-refractivity contribution in [2.75, 3.05) is 14.2 Å². The molecule has 110 valence electrons. The van der Waals surface area contributed by atoms with Crippen LogP contribution in [0.2, 0.25) is 0 Å². The third-order valence-corrected chi connectivity index (χ3v) is 4.04. The average Bonchev–Trinajstić information content (AvgIpc) is 2.51. The van der Waals surface area contributed by atoms with Crippen molar-refractivity contribution in [3.05, 3.63) is 40.4 Å². The average molecular weight is 350 g/mol. The molecule has 2 aromatic carbocycles. The Morgan fingerprint density at radius 2 is 2.05 bits per heavy atom. The number of carbonyl (C=O) groups excluding carboxylic acids is 1. The summed E-state index contributed by atoms with van der Waals surface area (Å²) in [7, 11) is 3.08. The maximum absolute atomic E-state index is 12.3. The standard InChI is InChI=1S/C16H16BrNO3/c1-10(9-18-21-3)16(19)12-4-6-13-11(8-12)5-7-14(20-2)15(13)17/h4-10H,1-3H3/b18-9-/t10-/m0/s1. The lowest BCUT2D eigenvalue weighted by molar-refractivity contribution is 0.0961. The molecule has 0 aliphatic heterocycles. The number of methoxy groups -OCH3 is 1. The number of carbonyl (C=O) groups is 1. The fourth-order valence-electron chi connectivity index (χ4n) is 2.07. The molecule has 4 nitrogen and oxygen atoms in total. The van der Waals surface area contributed by atoms with Crippen LogP contribution in [-0.2, 0) is 4.84 Å². The SMILES string of the molecule is CO/N=C\[C@H](C)C(=O)c1ccc2c(Br)c(OC)ccc2c1. The van der Waals surface area contributed by atoms with Gasteiger partial charge in [0, 0.05) is 5.56 Å². The molecule has 0 bridgehead atoms. The molecule has 5 heteroatoms. The van der Waals surface area contributed by atoms with Crippen molar-refractivity contribution < 1.29 is 14.4 Å². The highest BCUT2D eigenvalue weighted by atomic mass is 79.9. The van der Waals surface area contributed by atoms with Gasteiger partial charge >= 0.3 is 0 Å². The minimum atomic E-state index is -0.330. The first-order chi connectivity index (χ1) is 10.1. The highest BCUT2D eigenvalue weighted by Crippen LogP contribution is 2.33. The molecule has 0 amide bonds. The first kappa shape index (κ1) is 15.5.